The van der Waals surface area contributed by atoms with E-state index in [-0.39, 0.29) is 22.5 Å². The lowest BCUT2D eigenvalue weighted by Crippen LogP contribution is -2.26. The summed E-state index contributed by atoms with van der Waals surface area (Å²) in [4.78, 5) is 14.9. The molecule has 7 nitrogen and oxygen atoms in total. The van der Waals surface area contributed by atoms with Gasteiger partial charge in [-0.3, -0.25) is 4.79 Å². The van der Waals surface area contributed by atoms with Crippen LogP contribution in [-0.4, -0.2) is 32.5 Å². The number of hydrogen-bond acceptors (Lipinski definition) is 5. The van der Waals surface area contributed by atoms with Crippen LogP contribution >= 0.6 is 27.5 Å². The number of amides is 1. The van der Waals surface area contributed by atoms with Gasteiger partial charge in [0.15, 0.2) is 0 Å². The normalized spacial score (nSPS) is 11.2. The van der Waals surface area contributed by atoms with Crippen molar-refractivity contribution in [1.82, 2.24) is 9.71 Å². The maximum Gasteiger partial charge on any atom is 0.242 e. The fourth-order valence-corrected chi connectivity index (χ4v) is 3.62. The Hall–Kier alpha value is -1.68. The van der Waals surface area contributed by atoms with E-state index in [2.05, 4.69) is 31.0 Å². The summed E-state index contributed by atoms with van der Waals surface area (Å²) in [7, 11) is -3.67. The molecule has 140 valence electrons. The predicted octanol–water partition coefficient (Wildman–Crippen LogP) is 3.20. The SMILES string of the molecule is CC(=O)Nc1cccc(OCCCNS(=O)(=O)c2cnc(Cl)c(Br)c2)c1. The summed E-state index contributed by atoms with van der Waals surface area (Å²) in [5.74, 6) is 0.421. The van der Waals surface area contributed by atoms with E-state index in [0.29, 0.717) is 28.9 Å². The average Bonchev–Trinajstić information content (AvgIpc) is 2.56. The molecule has 0 radical (unpaired) electrons. The van der Waals surface area contributed by atoms with E-state index in [9.17, 15) is 13.2 Å². The second-order valence-electron chi connectivity index (χ2n) is 5.25. The summed E-state index contributed by atoms with van der Waals surface area (Å²) in [5.41, 5.74) is 0.636. The van der Waals surface area contributed by atoms with E-state index >= 15 is 0 Å². The number of carbonyl (C=O) groups excluding carboxylic acids is 1. The van der Waals surface area contributed by atoms with Crippen LogP contribution in [0, 0.1) is 0 Å². The number of rotatable bonds is 8. The lowest BCUT2D eigenvalue weighted by molar-refractivity contribution is -0.114. The molecule has 0 atom stereocenters. The summed E-state index contributed by atoms with van der Waals surface area (Å²) in [6.45, 7) is 1.94. The van der Waals surface area contributed by atoms with Crippen LogP contribution in [0.5, 0.6) is 5.75 Å². The fraction of sp³-hybridized carbons (Fsp3) is 0.250. The Labute approximate surface area is 165 Å². The number of nitrogens with zero attached hydrogens (tertiary/aromatic N) is 1. The second kappa shape index (κ2) is 9.31. The van der Waals surface area contributed by atoms with Gasteiger partial charge in [0.05, 0.1) is 11.1 Å². The molecule has 0 aliphatic heterocycles. The molecule has 0 fully saturated rings. The smallest absolute Gasteiger partial charge is 0.242 e. The lowest BCUT2D eigenvalue weighted by Gasteiger charge is -2.10. The maximum atomic E-state index is 12.2. The van der Waals surface area contributed by atoms with Crippen LogP contribution < -0.4 is 14.8 Å². The first kappa shape index (κ1) is 20.6. The number of hydrogen-bond donors (Lipinski definition) is 2. The molecule has 0 aliphatic rings. The molecule has 0 saturated carbocycles. The van der Waals surface area contributed by atoms with Crippen molar-refractivity contribution in [3.63, 3.8) is 0 Å². The summed E-state index contributed by atoms with van der Waals surface area (Å²) in [6.07, 6.45) is 1.66. The van der Waals surface area contributed by atoms with Crippen LogP contribution in [0.2, 0.25) is 5.15 Å². The third-order valence-electron chi connectivity index (χ3n) is 3.12. The van der Waals surface area contributed by atoms with Gasteiger partial charge in [-0.15, -0.1) is 0 Å². The van der Waals surface area contributed by atoms with Gasteiger partial charge in [0.25, 0.3) is 0 Å². The summed E-state index contributed by atoms with van der Waals surface area (Å²) >= 11 is 8.91. The number of pyridine rings is 1. The van der Waals surface area contributed by atoms with E-state index in [1.54, 1.807) is 24.3 Å². The molecule has 1 heterocycles. The highest BCUT2D eigenvalue weighted by Crippen LogP contribution is 2.22. The minimum atomic E-state index is -3.67. The minimum absolute atomic E-state index is 0.0256. The molecular formula is C16H17BrClN3O4S. The molecule has 0 spiro atoms. The fourth-order valence-electron chi connectivity index (χ4n) is 1.97. The standard InChI is InChI=1S/C16H17BrClN3O4S/c1-11(22)21-12-4-2-5-13(8-12)25-7-3-6-20-26(23,24)14-9-15(17)16(18)19-10-14/h2,4-5,8-10,20H,3,6-7H2,1H3,(H,21,22). The molecule has 1 amide bonds. The summed E-state index contributed by atoms with van der Waals surface area (Å²) in [6, 6.07) is 8.35. The van der Waals surface area contributed by atoms with Crippen molar-refractivity contribution >= 4 is 49.1 Å². The van der Waals surface area contributed by atoms with Gasteiger partial charge >= 0.3 is 0 Å². The molecule has 26 heavy (non-hydrogen) atoms. The number of carbonyl (C=O) groups is 1. The van der Waals surface area contributed by atoms with Crippen molar-refractivity contribution < 1.29 is 17.9 Å². The predicted molar refractivity (Wildman–Crippen MR) is 103 cm³/mol. The van der Waals surface area contributed by atoms with Gasteiger partial charge in [0, 0.05) is 31.4 Å². The van der Waals surface area contributed by atoms with Crippen LogP contribution in [0.1, 0.15) is 13.3 Å². The number of halogens is 2. The Kier molecular flexibility index (Phi) is 7.39. The summed E-state index contributed by atoms with van der Waals surface area (Å²) < 4.78 is 32.8. The Balaban J connectivity index is 1.81. The highest BCUT2D eigenvalue weighted by Gasteiger charge is 2.15. The van der Waals surface area contributed by atoms with E-state index in [1.165, 1.54) is 19.2 Å². The first-order valence-electron chi connectivity index (χ1n) is 7.59. The van der Waals surface area contributed by atoms with Gasteiger partial charge in [-0.2, -0.15) is 0 Å². The number of benzene rings is 1. The molecule has 0 aliphatic carbocycles. The second-order valence-corrected chi connectivity index (χ2v) is 8.23. The van der Waals surface area contributed by atoms with Gasteiger partial charge in [-0.1, -0.05) is 17.7 Å². The lowest BCUT2D eigenvalue weighted by atomic mass is 10.3. The van der Waals surface area contributed by atoms with Crippen LogP contribution in [-0.2, 0) is 14.8 Å². The molecule has 0 unspecified atom stereocenters. The molecule has 1 aromatic carbocycles. The molecule has 1 aromatic heterocycles. The summed E-state index contributed by atoms with van der Waals surface area (Å²) in [5, 5.41) is 2.86. The topological polar surface area (TPSA) is 97.4 Å². The third kappa shape index (κ3) is 6.24. The molecule has 2 N–H and O–H groups in total. The maximum absolute atomic E-state index is 12.2. The Morgan fingerprint density at radius 3 is 2.81 bits per heavy atom. The minimum Gasteiger partial charge on any atom is -0.493 e. The number of ether oxygens (including phenoxy) is 1. The van der Waals surface area contributed by atoms with E-state index in [4.69, 9.17) is 16.3 Å². The van der Waals surface area contributed by atoms with Gasteiger partial charge in [-0.05, 0) is 40.5 Å². The van der Waals surface area contributed by atoms with Crippen molar-refractivity contribution in [3.05, 3.63) is 46.2 Å². The van der Waals surface area contributed by atoms with Crippen molar-refractivity contribution in [2.75, 3.05) is 18.5 Å². The Morgan fingerprint density at radius 2 is 2.12 bits per heavy atom. The largest absolute Gasteiger partial charge is 0.493 e. The Bertz CT molecular complexity index is 893. The van der Waals surface area contributed by atoms with Crippen LogP contribution in [0.15, 0.2) is 45.9 Å². The number of aromatic nitrogens is 1. The van der Waals surface area contributed by atoms with Crippen molar-refractivity contribution in [1.29, 1.82) is 0 Å². The third-order valence-corrected chi connectivity index (χ3v) is 5.68. The van der Waals surface area contributed by atoms with Crippen LogP contribution in [0.4, 0.5) is 5.69 Å². The average molecular weight is 463 g/mol. The molecule has 2 rings (SSSR count). The first-order chi connectivity index (χ1) is 12.3. The van der Waals surface area contributed by atoms with Crippen LogP contribution in [0.25, 0.3) is 0 Å². The first-order valence-corrected chi connectivity index (χ1v) is 10.2. The zero-order valence-electron chi connectivity index (χ0n) is 13.8. The van der Waals surface area contributed by atoms with E-state index < -0.39 is 10.0 Å². The number of anilines is 1. The van der Waals surface area contributed by atoms with Crippen LogP contribution in [0.3, 0.4) is 0 Å². The molecule has 2 aromatic rings. The van der Waals surface area contributed by atoms with Crippen molar-refractivity contribution in [2.24, 2.45) is 0 Å². The van der Waals surface area contributed by atoms with Gasteiger partial charge in [0.1, 0.15) is 15.8 Å². The van der Waals surface area contributed by atoms with Crippen molar-refractivity contribution in [2.45, 2.75) is 18.2 Å². The van der Waals surface area contributed by atoms with Gasteiger partial charge in [0.2, 0.25) is 15.9 Å². The quantitative estimate of drug-likeness (QED) is 0.464. The van der Waals surface area contributed by atoms with Crippen molar-refractivity contribution in [3.8, 4) is 5.75 Å². The Morgan fingerprint density at radius 1 is 1.35 bits per heavy atom. The zero-order valence-corrected chi connectivity index (χ0v) is 17.0. The highest BCUT2D eigenvalue weighted by atomic mass is 79.9. The van der Waals surface area contributed by atoms with Gasteiger partial charge in [-0.25, -0.2) is 18.1 Å². The number of nitrogens with one attached hydrogen (secondary N) is 2. The van der Waals surface area contributed by atoms with E-state index in [0.717, 1.165) is 0 Å². The molecular weight excluding hydrogens is 446 g/mol. The molecule has 0 saturated heterocycles. The number of sulfonamides is 1. The monoisotopic (exact) mass is 461 g/mol. The molecule has 0 bridgehead atoms. The zero-order chi connectivity index (χ0) is 19.2. The highest BCUT2D eigenvalue weighted by molar-refractivity contribution is 9.10. The van der Waals surface area contributed by atoms with E-state index in [1.807, 2.05) is 0 Å². The molecule has 10 heteroatoms. The van der Waals surface area contributed by atoms with Gasteiger partial charge < -0.3 is 10.1 Å².